The van der Waals surface area contributed by atoms with Crippen LogP contribution in [0.1, 0.15) is 31.2 Å². The van der Waals surface area contributed by atoms with E-state index >= 15 is 0 Å². The highest BCUT2D eigenvalue weighted by molar-refractivity contribution is 5.89. The van der Waals surface area contributed by atoms with E-state index in [-0.39, 0.29) is 23.8 Å². The van der Waals surface area contributed by atoms with E-state index in [1.807, 2.05) is 36.4 Å². The lowest BCUT2D eigenvalue weighted by molar-refractivity contribution is -0.129. The summed E-state index contributed by atoms with van der Waals surface area (Å²) in [7, 11) is 0. The third-order valence-electron chi connectivity index (χ3n) is 6.49. The lowest BCUT2D eigenvalue weighted by atomic mass is 9.95. The van der Waals surface area contributed by atoms with Crippen LogP contribution in [0.2, 0.25) is 0 Å². The number of hydrogen-bond donors (Lipinski definition) is 2. The molecule has 2 N–H and O–H groups in total. The SMILES string of the molecule is O=C(NCc1cccc(F)c1)C(C1CCCC1)N1CCN(C(=O)Nc2ccccc2)CC1. The molecule has 2 fully saturated rings. The summed E-state index contributed by atoms with van der Waals surface area (Å²) in [4.78, 5) is 29.8. The van der Waals surface area contributed by atoms with Crippen molar-refractivity contribution >= 4 is 17.6 Å². The van der Waals surface area contributed by atoms with Gasteiger partial charge in [-0.3, -0.25) is 9.69 Å². The summed E-state index contributed by atoms with van der Waals surface area (Å²) in [5.74, 6) is 0.0320. The van der Waals surface area contributed by atoms with Crippen molar-refractivity contribution in [3.8, 4) is 0 Å². The van der Waals surface area contributed by atoms with Crippen molar-refractivity contribution in [2.75, 3.05) is 31.5 Å². The van der Waals surface area contributed by atoms with E-state index in [0.29, 0.717) is 38.6 Å². The number of nitrogens with zero attached hydrogens (tertiary/aromatic N) is 2. The Kier molecular flexibility index (Phi) is 7.37. The fraction of sp³-hybridized carbons (Fsp3) is 0.440. The topological polar surface area (TPSA) is 64.7 Å². The summed E-state index contributed by atoms with van der Waals surface area (Å²) in [5, 5.41) is 5.96. The molecular formula is C25H31FN4O2. The number of benzene rings is 2. The molecule has 1 aliphatic heterocycles. The highest BCUT2D eigenvalue weighted by atomic mass is 19.1. The molecule has 1 unspecified atom stereocenters. The standard InChI is InChI=1S/C25H31FN4O2/c26-21-10-6-7-19(17-21)18-27-24(31)23(20-8-4-5-9-20)29-13-15-30(16-14-29)25(32)28-22-11-2-1-3-12-22/h1-3,6-7,10-12,17,20,23H,4-5,8-9,13-16,18H2,(H,27,31)(H,28,32). The van der Waals surface area contributed by atoms with E-state index in [1.54, 1.807) is 11.0 Å². The number of carbonyl (C=O) groups is 2. The lowest BCUT2D eigenvalue weighted by Crippen LogP contribution is -2.58. The maximum Gasteiger partial charge on any atom is 0.321 e. The van der Waals surface area contributed by atoms with Crippen molar-refractivity contribution in [1.82, 2.24) is 15.1 Å². The highest BCUT2D eigenvalue weighted by Gasteiger charge is 2.37. The Bertz CT molecular complexity index is 909. The quantitative estimate of drug-likeness (QED) is 0.720. The first-order valence-electron chi connectivity index (χ1n) is 11.5. The van der Waals surface area contributed by atoms with Gasteiger partial charge >= 0.3 is 6.03 Å². The fourth-order valence-electron chi connectivity index (χ4n) is 4.82. The maximum atomic E-state index is 13.5. The van der Waals surface area contributed by atoms with Gasteiger partial charge in [0, 0.05) is 38.4 Å². The van der Waals surface area contributed by atoms with Gasteiger partial charge in [0.1, 0.15) is 5.82 Å². The minimum atomic E-state index is -0.297. The number of hydrogen-bond acceptors (Lipinski definition) is 3. The van der Waals surface area contributed by atoms with Crippen LogP contribution in [-0.4, -0.2) is 54.0 Å². The van der Waals surface area contributed by atoms with Crippen LogP contribution in [0.15, 0.2) is 54.6 Å². The van der Waals surface area contributed by atoms with Crippen LogP contribution in [0.25, 0.3) is 0 Å². The van der Waals surface area contributed by atoms with E-state index in [2.05, 4.69) is 15.5 Å². The molecule has 4 rings (SSSR count). The van der Waals surface area contributed by atoms with E-state index in [4.69, 9.17) is 0 Å². The molecule has 0 spiro atoms. The monoisotopic (exact) mass is 438 g/mol. The Labute approximate surface area is 188 Å². The zero-order valence-corrected chi connectivity index (χ0v) is 18.3. The van der Waals surface area contributed by atoms with E-state index < -0.39 is 0 Å². The molecule has 32 heavy (non-hydrogen) atoms. The molecular weight excluding hydrogens is 407 g/mol. The number of para-hydroxylation sites is 1. The Hall–Kier alpha value is -2.93. The molecule has 1 aliphatic carbocycles. The Morgan fingerprint density at radius 3 is 2.38 bits per heavy atom. The van der Waals surface area contributed by atoms with Crippen molar-refractivity contribution < 1.29 is 14.0 Å². The number of nitrogens with one attached hydrogen (secondary N) is 2. The Morgan fingerprint density at radius 1 is 0.969 bits per heavy atom. The average molecular weight is 439 g/mol. The third kappa shape index (κ3) is 5.65. The van der Waals surface area contributed by atoms with Crippen molar-refractivity contribution in [2.45, 2.75) is 38.3 Å². The van der Waals surface area contributed by atoms with Gasteiger partial charge in [0.15, 0.2) is 0 Å². The van der Waals surface area contributed by atoms with Gasteiger partial charge in [-0.15, -0.1) is 0 Å². The number of carbonyl (C=O) groups excluding carboxylic acids is 2. The van der Waals surface area contributed by atoms with Gasteiger partial charge in [-0.1, -0.05) is 43.2 Å². The molecule has 6 nitrogen and oxygen atoms in total. The summed E-state index contributed by atoms with van der Waals surface area (Å²) in [6.45, 7) is 2.81. The molecule has 170 valence electrons. The zero-order valence-electron chi connectivity index (χ0n) is 18.3. The second-order valence-electron chi connectivity index (χ2n) is 8.66. The molecule has 3 amide bonds. The summed E-state index contributed by atoms with van der Waals surface area (Å²) in [6.07, 6.45) is 4.40. The number of amides is 3. The van der Waals surface area contributed by atoms with Crippen LogP contribution in [0.3, 0.4) is 0 Å². The van der Waals surface area contributed by atoms with Crippen LogP contribution < -0.4 is 10.6 Å². The summed E-state index contributed by atoms with van der Waals surface area (Å²) in [6, 6.07) is 15.5. The van der Waals surface area contributed by atoms with Crippen molar-refractivity contribution in [3.05, 3.63) is 66.0 Å². The summed E-state index contributed by atoms with van der Waals surface area (Å²) < 4.78 is 13.5. The molecule has 1 heterocycles. The molecule has 0 aromatic heterocycles. The molecule has 2 aromatic carbocycles. The molecule has 1 atom stereocenters. The Balaban J connectivity index is 1.35. The molecule has 0 bridgehead atoms. The number of piperazine rings is 1. The van der Waals surface area contributed by atoms with Gasteiger partial charge in [0.05, 0.1) is 6.04 Å². The largest absolute Gasteiger partial charge is 0.351 e. The normalized spacial score (nSPS) is 18.3. The minimum absolute atomic E-state index is 0.00310. The first kappa shape index (κ1) is 22.3. The second kappa shape index (κ2) is 10.6. The zero-order chi connectivity index (χ0) is 22.3. The van der Waals surface area contributed by atoms with Crippen molar-refractivity contribution in [1.29, 1.82) is 0 Å². The first-order chi connectivity index (χ1) is 15.6. The molecule has 0 radical (unpaired) electrons. The number of anilines is 1. The number of urea groups is 1. The molecule has 1 saturated carbocycles. The summed E-state index contributed by atoms with van der Waals surface area (Å²) >= 11 is 0. The van der Waals surface area contributed by atoms with Crippen LogP contribution >= 0.6 is 0 Å². The van der Waals surface area contributed by atoms with Crippen LogP contribution in [0.4, 0.5) is 14.9 Å². The Morgan fingerprint density at radius 2 is 1.69 bits per heavy atom. The van der Waals surface area contributed by atoms with Crippen LogP contribution in [0, 0.1) is 11.7 Å². The number of halogens is 1. The van der Waals surface area contributed by atoms with Gasteiger partial charge < -0.3 is 15.5 Å². The predicted molar refractivity (Wildman–Crippen MR) is 123 cm³/mol. The first-order valence-corrected chi connectivity index (χ1v) is 11.5. The maximum absolute atomic E-state index is 13.5. The van der Waals surface area contributed by atoms with Gasteiger partial charge in [0.25, 0.3) is 0 Å². The highest BCUT2D eigenvalue weighted by Crippen LogP contribution is 2.31. The van der Waals surface area contributed by atoms with Crippen molar-refractivity contribution in [3.63, 3.8) is 0 Å². The molecule has 2 aromatic rings. The van der Waals surface area contributed by atoms with Gasteiger partial charge in [0.2, 0.25) is 5.91 Å². The molecule has 1 saturated heterocycles. The lowest BCUT2D eigenvalue weighted by Gasteiger charge is -2.40. The third-order valence-corrected chi connectivity index (χ3v) is 6.49. The van der Waals surface area contributed by atoms with Gasteiger partial charge in [-0.05, 0) is 48.6 Å². The average Bonchev–Trinajstić information content (AvgIpc) is 3.33. The van der Waals surface area contributed by atoms with Gasteiger partial charge in [-0.25, -0.2) is 9.18 Å². The molecule has 7 heteroatoms. The number of rotatable bonds is 6. The molecule has 2 aliphatic rings. The van der Waals surface area contributed by atoms with Gasteiger partial charge in [-0.2, -0.15) is 0 Å². The van der Waals surface area contributed by atoms with Crippen LogP contribution in [0.5, 0.6) is 0 Å². The minimum Gasteiger partial charge on any atom is -0.351 e. The predicted octanol–water partition coefficient (Wildman–Crippen LogP) is 3.85. The van der Waals surface area contributed by atoms with Crippen molar-refractivity contribution in [2.24, 2.45) is 5.92 Å². The van der Waals surface area contributed by atoms with E-state index in [9.17, 15) is 14.0 Å². The van der Waals surface area contributed by atoms with Crippen LogP contribution in [-0.2, 0) is 11.3 Å². The second-order valence-corrected chi connectivity index (χ2v) is 8.66. The van der Waals surface area contributed by atoms with E-state index in [1.165, 1.54) is 12.1 Å². The fourth-order valence-corrected chi connectivity index (χ4v) is 4.82. The summed E-state index contributed by atoms with van der Waals surface area (Å²) in [5.41, 5.74) is 1.53. The van der Waals surface area contributed by atoms with E-state index in [0.717, 1.165) is 36.9 Å². The smallest absolute Gasteiger partial charge is 0.321 e.